The van der Waals surface area contributed by atoms with E-state index in [1.165, 1.54) is 38.2 Å². The Morgan fingerprint density at radius 3 is 2.70 bits per heavy atom. The fraction of sp³-hybridized carbons (Fsp3) is 0.625. The zero-order valence-corrected chi connectivity index (χ0v) is 13.5. The van der Waals surface area contributed by atoms with Crippen LogP contribution in [0.3, 0.4) is 0 Å². The molecule has 1 aromatic carbocycles. The highest BCUT2D eigenvalue weighted by molar-refractivity contribution is 9.10. The maximum atomic E-state index is 13.8. The monoisotopic (exact) mass is 343 g/mol. The molecule has 0 aromatic heterocycles. The predicted octanol–water partition coefficient (Wildman–Crippen LogP) is 4.05. The van der Waals surface area contributed by atoms with Crippen LogP contribution in [0.15, 0.2) is 22.7 Å². The molecular formula is C16H23BrFNO. The minimum absolute atomic E-state index is 0.0219. The van der Waals surface area contributed by atoms with Crippen LogP contribution in [0.2, 0.25) is 0 Å². The first-order valence-electron chi connectivity index (χ1n) is 7.34. The van der Waals surface area contributed by atoms with Crippen molar-refractivity contribution in [2.45, 2.75) is 50.7 Å². The van der Waals surface area contributed by atoms with Gasteiger partial charge in [-0.3, -0.25) is 0 Å². The van der Waals surface area contributed by atoms with E-state index in [0.717, 1.165) is 4.47 Å². The molecule has 0 spiro atoms. The summed E-state index contributed by atoms with van der Waals surface area (Å²) in [6.45, 7) is 0. The Balaban J connectivity index is 2.04. The number of benzene rings is 1. The number of hydrogen-bond acceptors (Lipinski definition) is 2. The number of ether oxygens (including phenoxy) is 1. The van der Waals surface area contributed by atoms with Gasteiger partial charge in [-0.25, -0.2) is 4.39 Å². The van der Waals surface area contributed by atoms with Gasteiger partial charge in [0.15, 0.2) is 0 Å². The fourth-order valence-corrected chi connectivity index (χ4v) is 3.66. The van der Waals surface area contributed by atoms with Crippen molar-refractivity contribution in [3.8, 4) is 0 Å². The molecule has 1 saturated carbocycles. The highest BCUT2D eigenvalue weighted by Crippen LogP contribution is 2.30. The van der Waals surface area contributed by atoms with E-state index in [0.29, 0.717) is 17.9 Å². The number of rotatable bonds is 5. The molecule has 0 saturated heterocycles. The summed E-state index contributed by atoms with van der Waals surface area (Å²) in [7, 11) is 1.72. The van der Waals surface area contributed by atoms with Crippen LogP contribution in [-0.2, 0) is 11.2 Å². The van der Waals surface area contributed by atoms with Gasteiger partial charge in [-0.1, -0.05) is 35.2 Å². The molecule has 2 rings (SSSR count). The lowest BCUT2D eigenvalue weighted by molar-refractivity contribution is 0.0177. The highest BCUT2D eigenvalue weighted by Gasteiger charge is 2.29. The Bertz CT molecular complexity index is 434. The van der Waals surface area contributed by atoms with Gasteiger partial charge in [-0.15, -0.1) is 0 Å². The summed E-state index contributed by atoms with van der Waals surface area (Å²) < 4.78 is 20.3. The Hall–Kier alpha value is -0.450. The van der Waals surface area contributed by atoms with E-state index < -0.39 is 0 Å². The number of hydrogen-bond donors (Lipinski definition) is 1. The third-order valence-electron chi connectivity index (χ3n) is 4.27. The maximum Gasteiger partial charge on any atom is 0.126 e. The zero-order chi connectivity index (χ0) is 14.5. The van der Waals surface area contributed by atoms with Crippen LogP contribution in [0.1, 0.15) is 37.7 Å². The van der Waals surface area contributed by atoms with Crippen LogP contribution < -0.4 is 5.73 Å². The molecule has 0 radical (unpaired) electrons. The maximum absolute atomic E-state index is 13.8. The van der Waals surface area contributed by atoms with Gasteiger partial charge in [0.25, 0.3) is 0 Å². The first-order valence-corrected chi connectivity index (χ1v) is 8.13. The molecule has 112 valence electrons. The van der Waals surface area contributed by atoms with Crippen LogP contribution >= 0.6 is 15.9 Å². The molecule has 2 atom stereocenters. The van der Waals surface area contributed by atoms with Crippen LogP contribution in [0.5, 0.6) is 0 Å². The summed E-state index contributed by atoms with van der Waals surface area (Å²) >= 11 is 3.38. The Labute approximate surface area is 129 Å². The Kier molecular flexibility index (Phi) is 6.00. The smallest absolute Gasteiger partial charge is 0.126 e. The second-order valence-corrected chi connectivity index (χ2v) is 6.62. The van der Waals surface area contributed by atoms with Gasteiger partial charge in [0.05, 0.1) is 6.10 Å². The summed E-state index contributed by atoms with van der Waals surface area (Å²) in [5.74, 6) is 0.320. The van der Waals surface area contributed by atoms with Crippen molar-refractivity contribution in [3.05, 3.63) is 34.1 Å². The summed E-state index contributed by atoms with van der Waals surface area (Å²) in [5.41, 5.74) is 6.96. The quantitative estimate of drug-likeness (QED) is 0.875. The van der Waals surface area contributed by atoms with E-state index in [-0.39, 0.29) is 18.0 Å². The van der Waals surface area contributed by atoms with Gasteiger partial charge >= 0.3 is 0 Å². The Morgan fingerprint density at radius 1 is 1.35 bits per heavy atom. The van der Waals surface area contributed by atoms with Crippen molar-refractivity contribution in [2.24, 2.45) is 11.7 Å². The molecule has 1 fully saturated rings. The topological polar surface area (TPSA) is 35.2 Å². The molecule has 4 heteroatoms. The standard InChI is InChI=1S/C16H23BrFNO/c1-20-16(11-5-3-2-4-6-11)15(19)10-12-9-13(17)7-8-14(12)18/h7-9,11,15-16H,2-6,10,19H2,1H3. The van der Waals surface area contributed by atoms with Crippen LogP contribution in [0.25, 0.3) is 0 Å². The van der Waals surface area contributed by atoms with E-state index in [1.807, 2.05) is 6.07 Å². The number of methoxy groups -OCH3 is 1. The van der Waals surface area contributed by atoms with E-state index in [4.69, 9.17) is 10.5 Å². The lowest BCUT2D eigenvalue weighted by Crippen LogP contribution is -2.43. The molecule has 20 heavy (non-hydrogen) atoms. The first-order chi connectivity index (χ1) is 9.61. The fourth-order valence-electron chi connectivity index (χ4n) is 3.25. The van der Waals surface area contributed by atoms with Crippen LogP contribution in [-0.4, -0.2) is 19.3 Å². The normalized spacial score (nSPS) is 19.8. The van der Waals surface area contributed by atoms with E-state index in [9.17, 15) is 4.39 Å². The average Bonchev–Trinajstić information content (AvgIpc) is 2.45. The van der Waals surface area contributed by atoms with Crippen molar-refractivity contribution in [3.63, 3.8) is 0 Å². The van der Waals surface area contributed by atoms with E-state index in [2.05, 4.69) is 15.9 Å². The number of halogens is 2. The SMILES string of the molecule is COC(C(N)Cc1cc(Br)ccc1F)C1CCCCC1. The summed E-state index contributed by atoms with van der Waals surface area (Å²) in [6.07, 6.45) is 6.70. The van der Waals surface area contributed by atoms with Crippen LogP contribution in [0.4, 0.5) is 4.39 Å². The van der Waals surface area contributed by atoms with Crippen molar-refractivity contribution in [1.82, 2.24) is 0 Å². The molecule has 2 nitrogen and oxygen atoms in total. The van der Waals surface area contributed by atoms with Crippen molar-refractivity contribution in [1.29, 1.82) is 0 Å². The minimum Gasteiger partial charge on any atom is -0.380 e. The van der Waals surface area contributed by atoms with E-state index >= 15 is 0 Å². The summed E-state index contributed by atoms with van der Waals surface area (Å²) in [5, 5.41) is 0. The van der Waals surface area contributed by atoms with Gasteiger partial charge in [-0.05, 0) is 48.9 Å². The van der Waals surface area contributed by atoms with Crippen LogP contribution in [0, 0.1) is 11.7 Å². The molecular weight excluding hydrogens is 321 g/mol. The van der Waals surface area contributed by atoms with Crippen molar-refractivity contribution in [2.75, 3.05) is 7.11 Å². The molecule has 2 N–H and O–H groups in total. The molecule has 0 heterocycles. The van der Waals surface area contributed by atoms with Gasteiger partial charge in [0.2, 0.25) is 0 Å². The average molecular weight is 344 g/mol. The lowest BCUT2D eigenvalue weighted by atomic mass is 9.81. The third-order valence-corrected chi connectivity index (χ3v) is 4.77. The first kappa shape index (κ1) is 15.9. The van der Waals surface area contributed by atoms with Crippen molar-refractivity contribution >= 4 is 15.9 Å². The molecule has 0 amide bonds. The third kappa shape index (κ3) is 4.03. The molecule has 2 unspecified atom stereocenters. The molecule has 0 aliphatic heterocycles. The second kappa shape index (κ2) is 7.53. The summed E-state index contributed by atoms with van der Waals surface area (Å²) in [4.78, 5) is 0. The largest absolute Gasteiger partial charge is 0.380 e. The lowest BCUT2D eigenvalue weighted by Gasteiger charge is -2.33. The van der Waals surface area contributed by atoms with Gasteiger partial charge < -0.3 is 10.5 Å². The second-order valence-electron chi connectivity index (χ2n) is 5.70. The predicted molar refractivity (Wildman–Crippen MR) is 83.2 cm³/mol. The van der Waals surface area contributed by atoms with Crippen molar-refractivity contribution < 1.29 is 9.13 Å². The Morgan fingerprint density at radius 2 is 2.05 bits per heavy atom. The van der Waals surface area contributed by atoms with Gasteiger partial charge in [0, 0.05) is 17.6 Å². The number of nitrogens with two attached hydrogens (primary N) is 1. The van der Waals surface area contributed by atoms with Gasteiger partial charge in [-0.2, -0.15) is 0 Å². The van der Waals surface area contributed by atoms with E-state index in [1.54, 1.807) is 13.2 Å². The zero-order valence-electron chi connectivity index (χ0n) is 11.9. The molecule has 1 aliphatic carbocycles. The molecule has 1 aromatic rings. The highest BCUT2D eigenvalue weighted by atomic mass is 79.9. The molecule has 1 aliphatic rings. The molecule has 0 bridgehead atoms. The summed E-state index contributed by atoms with van der Waals surface area (Å²) in [6, 6.07) is 4.84. The minimum atomic E-state index is -0.192. The van der Waals surface area contributed by atoms with Gasteiger partial charge in [0.1, 0.15) is 5.82 Å².